The van der Waals surface area contributed by atoms with E-state index in [0.717, 1.165) is 31.0 Å². The van der Waals surface area contributed by atoms with Gasteiger partial charge in [-0.15, -0.1) is 0 Å². The van der Waals surface area contributed by atoms with Crippen molar-refractivity contribution in [1.82, 2.24) is 20.2 Å². The number of nitrogen functional groups attached to an aromatic ring is 1. The Morgan fingerprint density at radius 2 is 2.06 bits per heavy atom. The molecular weight excluding hydrogens is 448 g/mol. The molecule has 33 heavy (non-hydrogen) atoms. The van der Waals surface area contributed by atoms with Crippen LogP contribution in [-0.2, 0) is 0 Å². The van der Waals surface area contributed by atoms with Crippen LogP contribution in [0.3, 0.4) is 0 Å². The predicted octanol–water partition coefficient (Wildman–Crippen LogP) is 1.32. The van der Waals surface area contributed by atoms with Gasteiger partial charge in [0, 0.05) is 44.5 Å². The number of aliphatic hydroxyl groups excluding tert-OH is 1. The number of likely N-dealkylation sites (tertiary alicyclic amines) is 1. The minimum Gasteiger partial charge on any atom is -0.485 e. The second-order valence-corrected chi connectivity index (χ2v) is 8.60. The van der Waals surface area contributed by atoms with Crippen molar-refractivity contribution < 1.29 is 19.4 Å². The van der Waals surface area contributed by atoms with Crippen molar-refractivity contribution in [3.8, 4) is 11.5 Å². The lowest BCUT2D eigenvalue weighted by molar-refractivity contribution is 0.0237. The molecule has 1 aromatic carbocycles. The fourth-order valence-electron chi connectivity index (χ4n) is 4.09. The summed E-state index contributed by atoms with van der Waals surface area (Å²) in [6.07, 6.45) is 3.55. The summed E-state index contributed by atoms with van der Waals surface area (Å²) in [6.45, 7) is 5.79. The molecule has 2 aliphatic heterocycles. The van der Waals surface area contributed by atoms with Crippen LogP contribution in [-0.4, -0.2) is 77.9 Å². The topological polar surface area (TPSA) is 135 Å². The molecule has 2 atom stereocenters. The molecule has 3 heterocycles. The van der Waals surface area contributed by atoms with E-state index in [1.807, 2.05) is 6.92 Å². The maximum atomic E-state index is 12.8. The van der Waals surface area contributed by atoms with Gasteiger partial charge in [0.2, 0.25) is 0 Å². The summed E-state index contributed by atoms with van der Waals surface area (Å²) < 4.78 is 11.2. The van der Waals surface area contributed by atoms with E-state index < -0.39 is 6.10 Å². The summed E-state index contributed by atoms with van der Waals surface area (Å²) in [7, 11) is 0. The van der Waals surface area contributed by atoms with Gasteiger partial charge in [0.25, 0.3) is 5.91 Å². The Morgan fingerprint density at radius 1 is 1.30 bits per heavy atom. The number of piperidine rings is 1. The number of nitrogens with two attached hydrogens (primary N) is 1. The Morgan fingerprint density at radius 3 is 2.82 bits per heavy atom. The predicted molar refractivity (Wildman–Crippen MR) is 125 cm³/mol. The number of hydrogen-bond donors (Lipinski definition) is 4. The van der Waals surface area contributed by atoms with E-state index in [-0.39, 0.29) is 28.1 Å². The highest BCUT2D eigenvalue weighted by molar-refractivity contribution is 6.35. The molecule has 0 bridgehead atoms. The lowest BCUT2D eigenvalue weighted by atomic mass is 9.93. The molecule has 4 rings (SSSR count). The van der Waals surface area contributed by atoms with Crippen molar-refractivity contribution in [1.29, 1.82) is 0 Å². The van der Waals surface area contributed by atoms with Gasteiger partial charge in [0.05, 0.1) is 23.0 Å². The first-order valence-corrected chi connectivity index (χ1v) is 11.4. The van der Waals surface area contributed by atoms with Crippen LogP contribution in [0, 0.1) is 12.8 Å². The molecule has 1 fully saturated rings. The first kappa shape index (κ1) is 23.3. The van der Waals surface area contributed by atoms with Crippen LogP contribution >= 0.6 is 11.6 Å². The van der Waals surface area contributed by atoms with Crippen molar-refractivity contribution in [2.24, 2.45) is 5.92 Å². The van der Waals surface area contributed by atoms with Crippen LogP contribution in [0.2, 0.25) is 5.02 Å². The van der Waals surface area contributed by atoms with Gasteiger partial charge in [-0.1, -0.05) is 11.6 Å². The van der Waals surface area contributed by atoms with Gasteiger partial charge in [-0.25, -0.2) is 4.98 Å². The molecule has 0 radical (unpaired) electrons. The van der Waals surface area contributed by atoms with Gasteiger partial charge in [-0.05, 0) is 26.0 Å². The summed E-state index contributed by atoms with van der Waals surface area (Å²) in [5.74, 6) is 0.997. The van der Waals surface area contributed by atoms with Crippen molar-refractivity contribution in [3.63, 3.8) is 0 Å². The van der Waals surface area contributed by atoms with E-state index in [1.54, 1.807) is 12.4 Å². The highest BCUT2D eigenvalue weighted by Gasteiger charge is 2.29. The van der Waals surface area contributed by atoms with Crippen LogP contribution in [0.15, 0.2) is 18.5 Å². The number of aliphatic hydroxyl groups is 1. The number of rotatable bonds is 7. The Bertz CT molecular complexity index is 1010. The van der Waals surface area contributed by atoms with E-state index in [2.05, 4.69) is 25.5 Å². The number of benzene rings is 1. The van der Waals surface area contributed by atoms with E-state index in [0.29, 0.717) is 44.3 Å². The fraction of sp³-hybridized carbons (Fsp3) is 0.500. The van der Waals surface area contributed by atoms with E-state index in [9.17, 15) is 9.90 Å². The monoisotopic (exact) mass is 476 g/mol. The van der Waals surface area contributed by atoms with E-state index in [4.69, 9.17) is 26.8 Å². The van der Waals surface area contributed by atoms with Crippen molar-refractivity contribution in [2.75, 3.05) is 57.0 Å². The molecule has 178 valence electrons. The summed E-state index contributed by atoms with van der Waals surface area (Å²) in [4.78, 5) is 23.5. The normalized spacial score (nSPS) is 20.3. The third-order valence-electron chi connectivity index (χ3n) is 5.96. The number of carbonyl (C=O) groups excluding carboxylic acids is 1. The first-order chi connectivity index (χ1) is 15.9. The van der Waals surface area contributed by atoms with Gasteiger partial charge in [-0.3, -0.25) is 14.7 Å². The minimum atomic E-state index is -0.541. The number of fused-ring (bicyclic) bond motifs is 1. The molecule has 10 nitrogen and oxygen atoms in total. The molecule has 5 N–H and O–H groups in total. The molecule has 0 spiro atoms. The Kier molecular flexibility index (Phi) is 7.36. The second-order valence-electron chi connectivity index (χ2n) is 8.23. The minimum absolute atomic E-state index is 0.0435. The second kappa shape index (κ2) is 10.4. The summed E-state index contributed by atoms with van der Waals surface area (Å²) in [5.41, 5.74) is 7.33. The summed E-state index contributed by atoms with van der Waals surface area (Å²) in [6, 6.07) is 1.50. The van der Waals surface area contributed by atoms with E-state index in [1.165, 1.54) is 6.07 Å². The number of aromatic nitrogens is 2. The average Bonchev–Trinajstić information content (AvgIpc) is 2.82. The van der Waals surface area contributed by atoms with Gasteiger partial charge in [-0.2, -0.15) is 0 Å². The number of nitrogens with zero attached hydrogens (tertiary/aromatic N) is 3. The number of carbonyl (C=O) groups is 1. The Hall–Kier alpha value is -2.82. The van der Waals surface area contributed by atoms with Crippen LogP contribution in [0.5, 0.6) is 11.5 Å². The number of anilines is 2. The van der Waals surface area contributed by atoms with Crippen LogP contribution in [0.1, 0.15) is 22.5 Å². The number of halogens is 1. The Balaban J connectivity index is 1.27. The number of aryl methyl sites for hydroxylation is 1. The number of ether oxygens (including phenoxy) is 2. The maximum absolute atomic E-state index is 12.8. The van der Waals surface area contributed by atoms with Gasteiger partial charge in [0.1, 0.15) is 24.1 Å². The lowest BCUT2D eigenvalue weighted by Crippen LogP contribution is -2.48. The van der Waals surface area contributed by atoms with Crippen LogP contribution < -0.4 is 25.8 Å². The average molecular weight is 477 g/mol. The zero-order chi connectivity index (χ0) is 23.4. The van der Waals surface area contributed by atoms with Crippen LogP contribution in [0.25, 0.3) is 0 Å². The van der Waals surface area contributed by atoms with Crippen LogP contribution in [0.4, 0.5) is 11.5 Å². The molecular formula is C22H29ClN6O4. The third kappa shape index (κ3) is 5.40. The smallest absolute Gasteiger partial charge is 0.255 e. The summed E-state index contributed by atoms with van der Waals surface area (Å²) >= 11 is 6.19. The molecule has 0 saturated carbocycles. The molecule has 0 unspecified atom stereocenters. The molecule has 1 amide bonds. The van der Waals surface area contributed by atoms with Gasteiger partial charge < -0.3 is 30.9 Å². The third-order valence-corrected chi connectivity index (χ3v) is 6.35. The molecule has 1 saturated heterocycles. The fourth-order valence-corrected chi connectivity index (χ4v) is 4.28. The number of nitrogens with one attached hydrogen (secondary N) is 2. The molecule has 0 aliphatic carbocycles. The lowest BCUT2D eigenvalue weighted by Gasteiger charge is -2.36. The highest BCUT2D eigenvalue weighted by atomic mass is 35.5. The van der Waals surface area contributed by atoms with Crippen molar-refractivity contribution in [3.05, 3.63) is 34.7 Å². The number of β-amino-alcohol motifs (C(OH)–C–C–N with tert-alkyl or cyclic N) is 1. The first-order valence-electron chi connectivity index (χ1n) is 11.0. The van der Waals surface area contributed by atoms with Gasteiger partial charge >= 0.3 is 0 Å². The van der Waals surface area contributed by atoms with Crippen molar-refractivity contribution in [2.45, 2.75) is 19.4 Å². The largest absolute Gasteiger partial charge is 0.485 e. The SMILES string of the molecule is Cc1nccnc1NCCN1CC[C@@H](CNC(=O)c2cc(N)c(Cl)c3c2OCCO3)[C@H](O)C1. The maximum Gasteiger partial charge on any atom is 0.255 e. The summed E-state index contributed by atoms with van der Waals surface area (Å²) in [5, 5.41) is 17.1. The van der Waals surface area contributed by atoms with E-state index >= 15 is 0 Å². The quantitative estimate of drug-likeness (QED) is 0.436. The zero-order valence-electron chi connectivity index (χ0n) is 18.5. The number of amides is 1. The molecule has 1 aromatic heterocycles. The standard InChI is InChI=1S/C22H29ClN6O4/c1-13-21(26-4-3-25-13)27-5-7-29-6-2-14(17(30)12-29)11-28-22(31)15-10-16(24)18(23)20-19(15)32-8-9-33-20/h3-4,10,14,17,30H,2,5-9,11-12,24H2,1H3,(H,26,27)(H,28,31)/t14-,17+/m0/s1. The Labute approximate surface area is 197 Å². The zero-order valence-corrected chi connectivity index (χ0v) is 19.3. The highest BCUT2D eigenvalue weighted by Crippen LogP contribution is 2.43. The van der Waals surface area contributed by atoms with Gasteiger partial charge in [0.15, 0.2) is 11.5 Å². The molecule has 2 aliphatic rings. The molecule has 11 heteroatoms. The van der Waals surface area contributed by atoms with Crippen molar-refractivity contribution >= 4 is 29.0 Å². The number of hydrogen-bond acceptors (Lipinski definition) is 9. The molecule has 2 aromatic rings.